The first-order valence-corrected chi connectivity index (χ1v) is 6.93. The van der Waals surface area contributed by atoms with E-state index in [1.54, 1.807) is 5.70 Å². The smallest absolute Gasteiger partial charge is 0.274 e. The fraction of sp³-hybridized carbons (Fsp3) is 0.273. The summed E-state index contributed by atoms with van der Waals surface area (Å²) in [7, 11) is -2.67. The Kier molecular flexibility index (Phi) is 3.43. The molecule has 1 unspecified atom stereocenters. The maximum absolute atomic E-state index is 14.0. The van der Waals surface area contributed by atoms with Crippen molar-refractivity contribution in [3.63, 3.8) is 0 Å². The fourth-order valence-electron chi connectivity index (χ4n) is 1.28. The van der Waals surface area contributed by atoms with Gasteiger partial charge in [-0.15, -0.1) is 6.58 Å². The molecule has 0 aliphatic rings. The van der Waals surface area contributed by atoms with Crippen LogP contribution in [0.1, 0.15) is 12.5 Å². The predicted molar refractivity (Wildman–Crippen MR) is 57.7 cm³/mol. The van der Waals surface area contributed by atoms with E-state index in [4.69, 9.17) is 0 Å². The molecular formula is C11H15FSi. The number of hydrogen-bond donors (Lipinski definition) is 0. The third-order valence-electron chi connectivity index (χ3n) is 2.29. The standard InChI is InChI=1S/C11H15FSi/c1-3-13(12,4-2)10-11-8-6-5-7-9-11/h3,5-9H,1,4,10H2,2H3. The second kappa shape index (κ2) is 4.37. The van der Waals surface area contributed by atoms with E-state index in [-0.39, 0.29) is 0 Å². The molecule has 0 bridgehead atoms. The maximum atomic E-state index is 14.0. The summed E-state index contributed by atoms with van der Waals surface area (Å²) in [5, 5.41) is 0. The quantitative estimate of drug-likeness (QED) is 0.509. The van der Waals surface area contributed by atoms with Gasteiger partial charge in [0.25, 0.3) is 8.41 Å². The van der Waals surface area contributed by atoms with Gasteiger partial charge in [0.1, 0.15) is 0 Å². The van der Waals surface area contributed by atoms with Crippen LogP contribution in [0.4, 0.5) is 4.11 Å². The van der Waals surface area contributed by atoms with Gasteiger partial charge in [-0.3, -0.25) is 0 Å². The molecule has 0 heterocycles. The van der Waals surface area contributed by atoms with Crippen molar-refractivity contribution in [2.45, 2.75) is 19.0 Å². The van der Waals surface area contributed by atoms with E-state index < -0.39 is 8.41 Å². The minimum absolute atomic E-state index is 0.563. The van der Waals surface area contributed by atoms with E-state index in [0.717, 1.165) is 5.56 Å². The van der Waals surface area contributed by atoms with Gasteiger partial charge < -0.3 is 4.11 Å². The van der Waals surface area contributed by atoms with E-state index in [1.165, 1.54) is 0 Å². The second-order valence-corrected chi connectivity index (χ2v) is 6.79. The van der Waals surface area contributed by atoms with Crippen LogP contribution in [0.3, 0.4) is 0 Å². The van der Waals surface area contributed by atoms with Gasteiger partial charge in [-0.1, -0.05) is 43.0 Å². The first-order valence-electron chi connectivity index (χ1n) is 4.56. The fourth-order valence-corrected chi connectivity index (χ4v) is 2.87. The summed E-state index contributed by atoms with van der Waals surface area (Å²) in [5.74, 6) is 0. The molecule has 13 heavy (non-hydrogen) atoms. The summed E-state index contributed by atoms with van der Waals surface area (Å²) in [4.78, 5) is 0. The molecule has 0 aromatic heterocycles. The molecule has 1 rings (SSSR count). The molecule has 1 aromatic carbocycles. The first kappa shape index (κ1) is 10.2. The van der Waals surface area contributed by atoms with Crippen LogP contribution in [0, 0.1) is 0 Å². The highest BCUT2D eigenvalue weighted by Gasteiger charge is 2.27. The molecule has 0 saturated carbocycles. The molecule has 0 saturated heterocycles. The van der Waals surface area contributed by atoms with E-state index in [1.807, 2.05) is 37.3 Å². The summed E-state index contributed by atoms with van der Waals surface area (Å²) in [6, 6.07) is 11.0. The van der Waals surface area contributed by atoms with Crippen LogP contribution in [-0.4, -0.2) is 8.41 Å². The molecule has 0 spiro atoms. The van der Waals surface area contributed by atoms with Crippen LogP contribution >= 0.6 is 0 Å². The van der Waals surface area contributed by atoms with E-state index in [9.17, 15) is 4.11 Å². The average Bonchev–Trinajstić information content (AvgIpc) is 2.19. The summed E-state index contributed by atoms with van der Waals surface area (Å²) in [5.41, 5.74) is 2.62. The SMILES string of the molecule is C=C[Si](F)(CC)Cc1ccccc1. The summed E-state index contributed by atoms with van der Waals surface area (Å²) >= 11 is 0. The Bertz CT molecular complexity index is 271. The Labute approximate surface area is 80.3 Å². The second-order valence-electron chi connectivity index (χ2n) is 3.25. The summed E-state index contributed by atoms with van der Waals surface area (Å²) < 4.78 is 14.0. The predicted octanol–water partition coefficient (Wildman–Crippen LogP) is 3.43. The molecule has 1 atom stereocenters. The van der Waals surface area contributed by atoms with Crippen molar-refractivity contribution >= 4 is 8.41 Å². The molecular weight excluding hydrogens is 179 g/mol. The third-order valence-corrected chi connectivity index (χ3v) is 5.20. The van der Waals surface area contributed by atoms with Gasteiger partial charge in [0.05, 0.1) is 0 Å². The molecule has 0 N–H and O–H groups in total. The lowest BCUT2D eigenvalue weighted by atomic mass is 10.2. The van der Waals surface area contributed by atoms with Crippen molar-refractivity contribution in [2.24, 2.45) is 0 Å². The van der Waals surface area contributed by atoms with Crippen LogP contribution in [0.15, 0.2) is 42.6 Å². The van der Waals surface area contributed by atoms with Gasteiger partial charge in [0.15, 0.2) is 0 Å². The topological polar surface area (TPSA) is 0 Å². The monoisotopic (exact) mass is 194 g/mol. The molecule has 0 aliphatic heterocycles. The van der Waals surface area contributed by atoms with Gasteiger partial charge >= 0.3 is 0 Å². The maximum Gasteiger partial charge on any atom is 0.274 e. The van der Waals surface area contributed by atoms with E-state index >= 15 is 0 Å². The zero-order valence-electron chi connectivity index (χ0n) is 7.96. The Morgan fingerprint density at radius 3 is 2.46 bits per heavy atom. The van der Waals surface area contributed by atoms with Crippen molar-refractivity contribution in [2.75, 3.05) is 0 Å². The van der Waals surface area contributed by atoms with Crippen molar-refractivity contribution < 1.29 is 4.11 Å². The van der Waals surface area contributed by atoms with Gasteiger partial charge in [-0.2, -0.15) is 0 Å². The molecule has 0 nitrogen and oxygen atoms in total. The minimum atomic E-state index is -2.67. The Morgan fingerprint density at radius 2 is 2.00 bits per heavy atom. The number of benzene rings is 1. The Morgan fingerprint density at radius 1 is 1.38 bits per heavy atom. The van der Waals surface area contributed by atoms with E-state index in [2.05, 4.69) is 6.58 Å². The average molecular weight is 194 g/mol. The van der Waals surface area contributed by atoms with Crippen LogP contribution < -0.4 is 0 Å². The highest BCUT2D eigenvalue weighted by Crippen LogP contribution is 2.18. The molecule has 0 radical (unpaired) electrons. The number of rotatable bonds is 4. The summed E-state index contributed by atoms with van der Waals surface area (Å²) in [6.07, 6.45) is 0. The minimum Gasteiger partial charge on any atom is -0.308 e. The highest BCUT2D eigenvalue weighted by atomic mass is 28.4. The Balaban J connectivity index is 2.73. The zero-order chi connectivity index (χ0) is 9.73. The van der Waals surface area contributed by atoms with Crippen LogP contribution in [-0.2, 0) is 6.04 Å². The normalized spacial score (nSPS) is 14.9. The first-order chi connectivity index (χ1) is 6.20. The van der Waals surface area contributed by atoms with Crippen molar-refractivity contribution in [1.29, 1.82) is 0 Å². The third kappa shape index (κ3) is 2.81. The largest absolute Gasteiger partial charge is 0.308 e. The Hall–Kier alpha value is -0.893. The van der Waals surface area contributed by atoms with Crippen molar-refractivity contribution in [3.8, 4) is 0 Å². The molecule has 0 fully saturated rings. The van der Waals surface area contributed by atoms with Crippen LogP contribution in [0.5, 0.6) is 0 Å². The van der Waals surface area contributed by atoms with E-state index in [0.29, 0.717) is 12.1 Å². The number of halogens is 1. The molecule has 1 aromatic rings. The number of hydrogen-bond acceptors (Lipinski definition) is 0. The highest BCUT2D eigenvalue weighted by molar-refractivity contribution is 6.77. The molecule has 70 valence electrons. The lowest BCUT2D eigenvalue weighted by molar-refractivity contribution is 0.779. The lowest BCUT2D eigenvalue weighted by Crippen LogP contribution is -2.28. The van der Waals surface area contributed by atoms with Gasteiger partial charge in [0, 0.05) is 0 Å². The molecule has 0 amide bonds. The lowest BCUT2D eigenvalue weighted by Gasteiger charge is -2.15. The zero-order valence-corrected chi connectivity index (χ0v) is 8.96. The van der Waals surface area contributed by atoms with Crippen LogP contribution in [0.2, 0.25) is 6.04 Å². The van der Waals surface area contributed by atoms with Gasteiger partial charge in [-0.25, -0.2) is 0 Å². The molecule has 0 aliphatic carbocycles. The van der Waals surface area contributed by atoms with Crippen LogP contribution in [0.25, 0.3) is 0 Å². The molecule has 2 heteroatoms. The van der Waals surface area contributed by atoms with Gasteiger partial charge in [0.2, 0.25) is 0 Å². The van der Waals surface area contributed by atoms with Crippen molar-refractivity contribution in [1.82, 2.24) is 0 Å². The summed E-state index contributed by atoms with van der Waals surface area (Å²) in [6.45, 7) is 5.49. The van der Waals surface area contributed by atoms with Gasteiger partial charge in [-0.05, 0) is 17.7 Å². The van der Waals surface area contributed by atoms with Crippen molar-refractivity contribution in [3.05, 3.63) is 48.2 Å².